The second-order valence-electron chi connectivity index (χ2n) is 6.50. The highest BCUT2D eigenvalue weighted by molar-refractivity contribution is 5.94. The largest absolute Gasteiger partial charge is 0.508 e. The summed E-state index contributed by atoms with van der Waals surface area (Å²) in [6.45, 7) is 3.58. The van der Waals surface area contributed by atoms with Gasteiger partial charge in [0.05, 0.1) is 0 Å². The number of amides is 1. The fourth-order valence-corrected chi connectivity index (χ4v) is 3.73. The number of likely N-dealkylation sites (tertiary alicyclic amines) is 1. The third kappa shape index (κ3) is 2.41. The summed E-state index contributed by atoms with van der Waals surface area (Å²) in [5, 5.41) is 9.74. The maximum absolute atomic E-state index is 12.5. The number of carbonyl (C=O) groups is 1. The van der Waals surface area contributed by atoms with Gasteiger partial charge in [0.15, 0.2) is 0 Å². The molecule has 0 unspecified atom stereocenters. The van der Waals surface area contributed by atoms with Crippen LogP contribution in [0.15, 0.2) is 18.2 Å². The van der Waals surface area contributed by atoms with Crippen LogP contribution in [0.5, 0.6) is 5.75 Å². The van der Waals surface area contributed by atoms with Crippen molar-refractivity contribution >= 4 is 5.91 Å². The maximum Gasteiger partial charge on any atom is 0.253 e. The average molecular weight is 273 g/mol. The SMILES string of the molecule is Cc1ccc(C(=O)N2CCC3(CCCC3)CC2)cc1O. The number of carbonyl (C=O) groups excluding carboxylic acids is 1. The Hall–Kier alpha value is -1.51. The van der Waals surface area contributed by atoms with Crippen LogP contribution in [-0.4, -0.2) is 29.0 Å². The molecule has 1 saturated heterocycles. The summed E-state index contributed by atoms with van der Waals surface area (Å²) in [4.78, 5) is 14.4. The number of piperidine rings is 1. The fourth-order valence-electron chi connectivity index (χ4n) is 3.73. The molecule has 1 aliphatic carbocycles. The van der Waals surface area contributed by atoms with Crippen molar-refractivity contribution < 1.29 is 9.90 Å². The summed E-state index contributed by atoms with van der Waals surface area (Å²) in [5.41, 5.74) is 1.95. The lowest BCUT2D eigenvalue weighted by Gasteiger charge is -2.39. The molecule has 0 radical (unpaired) electrons. The molecule has 108 valence electrons. The first-order valence-electron chi connectivity index (χ1n) is 7.69. The molecule has 20 heavy (non-hydrogen) atoms. The van der Waals surface area contributed by atoms with Crippen molar-refractivity contribution in [2.75, 3.05) is 13.1 Å². The van der Waals surface area contributed by atoms with Crippen molar-refractivity contribution in [3.63, 3.8) is 0 Å². The Morgan fingerprint density at radius 3 is 2.40 bits per heavy atom. The van der Waals surface area contributed by atoms with Crippen LogP contribution >= 0.6 is 0 Å². The Balaban J connectivity index is 1.68. The molecule has 0 atom stereocenters. The lowest BCUT2D eigenvalue weighted by atomic mass is 9.77. The molecule has 1 heterocycles. The highest BCUT2D eigenvalue weighted by Crippen LogP contribution is 2.46. The smallest absolute Gasteiger partial charge is 0.253 e. The van der Waals surface area contributed by atoms with E-state index in [2.05, 4.69) is 0 Å². The standard InChI is InChI=1S/C17H23NO2/c1-13-4-5-14(12-15(13)19)16(20)18-10-8-17(9-11-18)6-2-3-7-17/h4-5,12,19H,2-3,6-11H2,1H3. The lowest BCUT2D eigenvalue weighted by molar-refractivity contribution is 0.0587. The fraction of sp³-hybridized carbons (Fsp3) is 0.588. The maximum atomic E-state index is 12.5. The zero-order valence-electron chi connectivity index (χ0n) is 12.2. The number of nitrogens with zero attached hydrogens (tertiary/aromatic N) is 1. The van der Waals surface area contributed by atoms with Gasteiger partial charge in [-0.15, -0.1) is 0 Å². The van der Waals surface area contributed by atoms with Gasteiger partial charge < -0.3 is 10.0 Å². The minimum Gasteiger partial charge on any atom is -0.508 e. The topological polar surface area (TPSA) is 40.5 Å². The van der Waals surface area contributed by atoms with Gasteiger partial charge in [-0.05, 0) is 55.7 Å². The molecular weight excluding hydrogens is 250 g/mol. The molecule has 3 nitrogen and oxygen atoms in total. The first kappa shape index (κ1) is 13.5. The Labute approximate surface area is 120 Å². The Morgan fingerprint density at radius 2 is 1.80 bits per heavy atom. The van der Waals surface area contributed by atoms with Crippen molar-refractivity contribution in [2.45, 2.75) is 45.4 Å². The van der Waals surface area contributed by atoms with Crippen LogP contribution in [0.25, 0.3) is 0 Å². The van der Waals surface area contributed by atoms with Gasteiger partial charge in [-0.3, -0.25) is 4.79 Å². The molecule has 2 fully saturated rings. The minimum absolute atomic E-state index is 0.0631. The van der Waals surface area contributed by atoms with Gasteiger partial charge in [0, 0.05) is 18.7 Å². The van der Waals surface area contributed by atoms with Crippen LogP contribution in [0.4, 0.5) is 0 Å². The molecule has 0 bridgehead atoms. The first-order chi connectivity index (χ1) is 9.60. The Morgan fingerprint density at radius 1 is 1.15 bits per heavy atom. The zero-order valence-corrected chi connectivity index (χ0v) is 12.2. The molecule has 0 aromatic heterocycles. The van der Waals surface area contributed by atoms with Gasteiger partial charge >= 0.3 is 0 Å². The molecule has 1 amide bonds. The molecular formula is C17H23NO2. The molecule has 3 rings (SSSR count). The predicted molar refractivity (Wildman–Crippen MR) is 78.9 cm³/mol. The van der Waals surface area contributed by atoms with E-state index in [1.807, 2.05) is 24.0 Å². The van der Waals surface area contributed by atoms with Crippen LogP contribution in [0, 0.1) is 12.3 Å². The number of phenolic OH excluding ortho intramolecular Hbond substituents is 1. The van der Waals surface area contributed by atoms with Crippen molar-refractivity contribution in [2.24, 2.45) is 5.41 Å². The van der Waals surface area contributed by atoms with Crippen molar-refractivity contribution in [1.82, 2.24) is 4.90 Å². The van der Waals surface area contributed by atoms with E-state index in [0.717, 1.165) is 31.5 Å². The first-order valence-corrected chi connectivity index (χ1v) is 7.69. The second-order valence-corrected chi connectivity index (χ2v) is 6.50. The number of rotatable bonds is 1. The summed E-state index contributed by atoms with van der Waals surface area (Å²) < 4.78 is 0. The van der Waals surface area contributed by atoms with E-state index in [9.17, 15) is 9.90 Å². The van der Waals surface area contributed by atoms with Gasteiger partial charge in [0.1, 0.15) is 5.75 Å². The van der Waals surface area contributed by atoms with Crippen molar-refractivity contribution in [3.8, 4) is 5.75 Å². The summed E-state index contributed by atoms with van der Waals surface area (Å²) in [5.74, 6) is 0.272. The van der Waals surface area contributed by atoms with Gasteiger partial charge in [0.25, 0.3) is 5.91 Å². The van der Waals surface area contributed by atoms with Crippen LogP contribution in [0.1, 0.15) is 54.4 Å². The van der Waals surface area contributed by atoms with E-state index in [4.69, 9.17) is 0 Å². The number of hydrogen-bond donors (Lipinski definition) is 1. The van der Waals surface area contributed by atoms with Crippen LogP contribution in [0.3, 0.4) is 0 Å². The summed E-state index contributed by atoms with van der Waals surface area (Å²) in [6.07, 6.45) is 7.72. The summed E-state index contributed by atoms with van der Waals surface area (Å²) in [7, 11) is 0. The molecule has 1 aromatic rings. The Kier molecular flexibility index (Phi) is 3.45. The van der Waals surface area contributed by atoms with Gasteiger partial charge in [-0.2, -0.15) is 0 Å². The average Bonchev–Trinajstić information content (AvgIpc) is 2.90. The normalized spacial score (nSPS) is 21.4. The molecule has 1 N–H and O–H groups in total. The number of benzene rings is 1. The van der Waals surface area contributed by atoms with E-state index in [1.54, 1.807) is 6.07 Å². The van der Waals surface area contributed by atoms with E-state index >= 15 is 0 Å². The molecule has 2 aliphatic rings. The van der Waals surface area contributed by atoms with Crippen LogP contribution < -0.4 is 0 Å². The number of aryl methyl sites for hydroxylation is 1. The summed E-state index contributed by atoms with van der Waals surface area (Å²) in [6, 6.07) is 5.22. The van der Waals surface area contributed by atoms with E-state index in [1.165, 1.54) is 25.7 Å². The molecule has 1 saturated carbocycles. The highest BCUT2D eigenvalue weighted by Gasteiger charge is 2.38. The minimum atomic E-state index is 0.0631. The zero-order chi connectivity index (χ0) is 14.2. The van der Waals surface area contributed by atoms with Gasteiger partial charge in [-0.1, -0.05) is 18.9 Å². The van der Waals surface area contributed by atoms with E-state index in [0.29, 0.717) is 11.0 Å². The molecule has 1 spiro atoms. The Bertz CT molecular complexity index is 508. The quantitative estimate of drug-likeness (QED) is 0.850. The monoisotopic (exact) mass is 273 g/mol. The van der Waals surface area contributed by atoms with E-state index in [-0.39, 0.29) is 11.7 Å². The number of hydrogen-bond acceptors (Lipinski definition) is 2. The third-order valence-corrected chi connectivity index (χ3v) is 5.23. The van der Waals surface area contributed by atoms with Gasteiger partial charge in [0.2, 0.25) is 0 Å². The lowest BCUT2D eigenvalue weighted by Crippen LogP contribution is -2.42. The molecule has 3 heteroatoms. The van der Waals surface area contributed by atoms with Gasteiger partial charge in [-0.25, -0.2) is 0 Å². The molecule has 1 aromatic carbocycles. The number of aromatic hydroxyl groups is 1. The highest BCUT2D eigenvalue weighted by atomic mass is 16.3. The van der Waals surface area contributed by atoms with Crippen LogP contribution in [-0.2, 0) is 0 Å². The summed E-state index contributed by atoms with van der Waals surface area (Å²) >= 11 is 0. The van der Waals surface area contributed by atoms with Crippen molar-refractivity contribution in [3.05, 3.63) is 29.3 Å². The van der Waals surface area contributed by atoms with Crippen molar-refractivity contribution in [1.29, 1.82) is 0 Å². The second kappa shape index (κ2) is 5.12. The van der Waals surface area contributed by atoms with Crippen LogP contribution in [0.2, 0.25) is 0 Å². The third-order valence-electron chi connectivity index (χ3n) is 5.23. The molecule has 1 aliphatic heterocycles. The predicted octanol–water partition coefficient (Wildman–Crippen LogP) is 3.50. The number of phenols is 1. The van der Waals surface area contributed by atoms with E-state index < -0.39 is 0 Å².